The van der Waals surface area contributed by atoms with Crippen molar-refractivity contribution >= 4 is 23.6 Å². The van der Waals surface area contributed by atoms with Crippen LogP contribution >= 0.6 is 0 Å². The standard InChI is InChI=1S/C39H49Si.3ClH.Ti/c1-4-7-12-31-17-24-35(25-18-31)40(36-26-19-32(20-27-36)13-8-5-2,37-28-21-33(22-29-37)14-9-6-3)39-30-23-34-15-10-11-16-38(34)39;;;;/h10-11,16-22,24-29,34H,4-9,12-15,23,30H2,1-3H3;3*1H;/q;;;;+3/p-3. The van der Waals surface area contributed by atoms with Crippen LogP contribution in [0, 0.1) is 5.92 Å². The Bertz CT molecular complexity index is 1210. The largest absolute Gasteiger partial charge is 1.00 e. The van der Waals surface area contributed by atoms with Crippen LogP contribution in [0.5, 0.6) is 0 Å². The van der Waals surface area contributed by atoms with Crippen LogP contribution in [0.15, 0.2) is 96.6 Å². The molecule has 2 atom stereocenters. The topological polar surface area (TPSA) is 0 Å². The normalized spacial score (nSPS) is 18.8. The number of fused-ring (bicyclic) bond motifs is 1. The quantitative estimate of drug-likeness (QED) is 0.171. The Balaban J connectivity index is 0.00000225. The fourth-order valence-corrected chi connectivity index (χ4v) is 15.9. The molecule has 3 aromatic carbocycles. The molecule has 0 nitrogen and oxygen atoms in total. The van der Waals surface area contributed by atoms with Crippen LogP contribution in [-0.2, 0) is 39.7 Å². The van der Waals surface area contributed by atoms with Crippen LogP contribution in [0.25, 0.3) is 0 Å². The second-order valence-corrected chi connectivity index (χ2v) is 18.8. The molecule has 44 heavy (non-hydrogen) atoms. The van der Waals surface area contributed by atoms with Gasteiger partial charge in [0.15, 0.2) is 0 Å². The third-order valence-electron chi connectivity index (χ3n) is 9.89. The smallest absolute Gasteiger partial charge is 1.00 e. The first-order valence-electron chi connectivity index (χ1n) is 16.5. The molecule has 0 amide bonds. The molecule has 0 aliphatic heterocycles. The van der Waals surface area contributed by atoms with Gasteiger partial charge in [-0.1, -0.05) is 0 Å². The van der Waals surface area contributed by atoms with Gasteiger partial charge >= 0.3 is 264 Å². The van der Waals surface area contributed by atoms with Crippen LogP contribution in [-0.4, -0.2) is 8.07 Å². The fourth-order valence-electron chi connectivity index (χ4n) is 7.53. The molecule has 0 spiro atoms. The van der Waals surface area contributed by atoms with E-state index in [-0.39, 0.29) is 40.6 Å². The molecule has 5 heteroatoms. The van der Waals surface area contributed by atoms with Gasteiger partial charge in [0.25, 0.3) is 0 Å². The summed E-state index contributed by atoms with van der Waals surface area (Å²) in [7, 11) is -2.49. The van der Waals surface area contributed by atoms with Gasteiger partial charge in [0.1, 0.15) is 0 Å². The van der Waals surface area contributed by atoms with Gasteiger partial charge in [0, 0.05) is 0 Å². The number of rotatable bonds is 13. The molecule has 2 aliphatic carbocycles. The number of unbranched alkanes of at least 4 members (excludes halogenated alkanes) is 3. The fraction of sp³-hybridized carbons (Fsp3) is 0.436. The second-order valence-electron chi connectivity index (χ2n) is 12.6. The first-order chi connectivity index (χ1) is 20.1. The van der Waals surface area contributed by atoms with Gasteiger partial charge in [0.2, 0.25) is 0 Å². The van der Waals surface area contributed by atoms with Crippen molar-refractivity contribution in [3.8, 4) is 0 Å². The minimum absolute atomic E-state index is 0. The molecule has 0 heterocycles. The number of aryl methyl sites for hydroxylation is 3. The zero-order chi connectivity index (χ0) is 28.7. The molecule has 3 aromatic rings. The van der Waals surface area contributed by atoms with E-state index in [0.29, 0.717) is 5.92 Å². The summed E-state index contributed by atoms with van der Waals surface area (Å²) in [6.07, 6.45) is 22.1. The monoisotopic (exact) mass is 698 g/mol. The summed E-state index contributed by atoms with van der Waals surface area (Å²) in [6.45, 7) is 6.89. The summed E-state index contributed by atoms with van der Waals surface area (Å²) >= 11 is 2.66. The molecule has 1 fully saturated rings. The number of hydrogen-bond acceptors (Lipinski definition) is 0. The average Bonchev–Trinajstić information content (AvgIpc) is 3.37. The van der Waals surface area contributed by atoms with E-state index in [9.17, 15) is 0 Å². The third kappa shape index (κ3) is 7.90. The first-order valence-corrected chi connectivity index (χ1v) is 19.2. The van der Waals surface area contributed by atoms with E-state index in [0.717, 1.165) is 0 Å². The minimum atomic E-state index is -2.49. The Kier molecular flexibility index (Phi) is 16.3. The molecule has 5 rings (SSSR count). The van der Waals surface area contributed by atoms with Gasteiger partial charge in [0.05, 0.1) is 0 Å². The SMILES string of the molecule is CCCCc1ccc([Si](c2ccc(CCCC)cc2)(c2ccc(CCCC)cc2)[C]2([Ti+3])CCC3CC=CC=C32)cc1.[Cl-].[Cl-].[Cl-]. The van der Waals surface area contributed by atoms with E-state index in [1.807, 2.05) is 0 Å². The molecule has 0 N–H and O–H groups in total. The summed E-state index contributed by atoms with van der Waals surface area (Å²) in [5, 5.41) is 4.75. The Morgan fingerprint density at radius 3 is 1.39 bits per heavy atom. The van der Waals surface area contributed by atoms with Crippen LogP contribution in [0.2, 0.25) is 3.34 Å². The molecular formula is C39H49Cl3SiTi. The molecule has 0 saturated heterocycles. The Morgan fingerprint density at radius 2 is 1.02 bits per heavy atom. The Hall–Kier alpha value is -1.06. The van der Waals surface area contributed by atoms with Crippen molar-refractivity contribution in [2.45, 2.75) is 101 Å². The van der Waals surface area contributed by atoms with Gasteiger partial charge in [-0.05, 0) is 0 Å². The maximum Gasteiger partial charge on any atom is -1.00 e. The Morgan fingerprint density at radius 1 is 0.636 bits per heavy atom. The van der Waals surface area contributed by atoms with Crippen molar-refractivity contribution in [1.29, 1.82) is 0 Å². The van der Waals surface area contributed by atoms with Crippen molar-refractivity contribution < 1.29 is 57.7 Å². The van der Waals surface area contributed by atoms with Gasteiger partial charge in [-0.3, -0.25) is 0 Å². The van der Waals surface area contributed by atoms with Gasteiger partial charge in [-0.2, -0.15) is 0 Å². The molecule has 2 aliphatic rings. The number of allylic oxidation sites excluding steroid dienone is 4. The summed E-state index contributed by atoms with van der Waals surface area (Å²) in [4.78, 5) is 0. The number of hydrogen-bond donors (Lipinski definition) is 0. The van der Waals surface area contributed by atoms with E-state index in [1.165, 1.54) is 93.7 Å². The van der Waals surface area contributed by atoms with Gasteiger partial charge in [-0.25, -0.2) is 0 Å². The zero-order valence-electron chi connectivity index (χ0n) is 26.9. The second kappa shape index (κ2) is 18.3. The van der Waals surface area contributed by atoms with E-state index >= 15 is 0 Å². The van der Waals surface area contributed by atoms with E-state index in [4.69, 9.17) is 0 Å². The van der Waals surface area contributed by atoms with Crippen molar-refractivity contribution in [2.24, 2.45) is 5.92 Å². The predicted molar refractivity (Wildman–Crippen MR) is 177 cm³/mol. The maximum atomic E-state index is 2.66. The number of benzene rings is 3. The first kappa shape index (κ1) is 39.1. The van der Waals surface area contributed by atoms with Crippen molar-refractivity contribution in [2.75, 3.05) is 0 Å². The maximum absolute atomic E-state index is 2.66. The molecular weight excluding hydrogens is 651 g/mol. The summed E-state index contributed by atoms with van der Waals surface area (Å²) in [5.74, 6) is 0.688. The van der Waals surface area contributed by atoms with Gasteiger partial charge < -0.3 is 37.2 Å². The van der Waals surface area contributed by atoms with Crippen LogP contribution in [0.1, 0.15) is 95.2 Å². The molecule has 2 unspecified atom stereocenters. The summed E-state index contributed by atoms with van der Waals surface area (Å²) in [6, 6.07) is 30.0. The van der Waals surface area contributed by atoms with E-state index in [1.54, 1.807) is 21.1 Å². The van der Waals surface area contributed by atoms with Crippen LogP contribution in [0.3, 0.4) is 0 Å². The number of halogens is 3. The molecule has 0 radical (unpaired) electrons. The van der Waals surface area contributed by atoms with Gasteiger partial charge in [-0.15, -0.1) is 0 Å². The summed E-state index contributed by atoms with van der Waals surface area (Å²) in [5.41, 5.74) is 6.17. The van der Waals surface area contributed by atoms with Crippen LogP contribution < -0.4 is 52.8 Å². The molecule has 0 aromatic heterocycles. The third-order valence-corrected chi connectivity index (χ3v) is 17.9. The molecule has 234 valence electrons. The Labute approximate surface area is 299 Å². The predicted octanol–water partition coefficient (Wildman–Crippen LogP) is -0.262. The van der Waals surface area contributed by atoms with Crippen LogP contribution in [0.4, 0.5) is 0 Å². The zero-order valence-corrected chi connectivity index (χ0v) is 31.7. The van der Waals surface area contributed by atoms with Crippen molar-refractivity contribution in [1.82, 2.24) is 0 Å². The molecule has 0 bridgehead atoms. The summed E-state index contributed by atoms with van der Waals surface area (Å²) < 4.78 is 0.128. The molecule has 1 saturated carbocycles. The van der Waals surface area contributed by atoms with E-state index < -0.39 is 8.07 Å². The van der Waals surface area contributed by atoms with E-state index in [2.05, 4.69) is 132 Å². The minimum Gasteiger partial charge on any atom is -1.00 e. The average molecular weight is 700 g/mol. The van der Waals surface area contributed by atoms with Crippen molar-refractivity contribution in [3.63, 3.8) is 0 Å². The van der Waals surface area contributed by atoms with Crippen molar-refractivity contribution in [3.05, 3.63) is 113 Å².